The van der Waals surface area contributed by atoms with E-state index in [0.29, 0.717) is 35.6 Å². The summed E-state index contributed by atoms with van der Waals surface area (Å²) in [6.07, 6.45) is -2.67. The minimum atomic E-state index is -3.38. The number of nitrogens with two attached hydrogens (primary N) is 1. The number of amides is 2. The molecule has 0 bridgehead atoms. The molecule has 2 fully saturated rings. The standard InChI is InChI=1S/C22H25N5O6S/c23-20(24)14-5-7-15(8-6-14)25-21(29)18(28)19-22(30)26(10-11-33-19)16-3-1-4-17(13-16)27-9-2-12-34(27,31)32/h1,3-8,13,18-19,28H,2,9-12H2,(H3,23,24)(H,25,29)/t18?,19-/m1/s1. The second-order valence-electron chi connectivity index (χ2n) is 7.97. The number of rotatable bonds is 6. The molecule has 5 N–H and O–H groups in total. The Bertz CT molecular complexity index is 1220. The van der Waals surface area contributed by atoms with Crippen molar-refractivity contribution in [3.8, 4) is 0 Å². The molecule has 1 unspecified atom stereocenters. The number of nitrogens with zero attached hydrogens (tertiary/aromatic N) is 2. The number of amidine groups is 1. The van der Waals surface area contributed by atoms with Gasteiger partial charge in [0.2, 0.25) is 10.0 Å². The number of ether oxygens (including phenoxy) is 1. The number of carbonyl (C=O) groups is 2. The summed E-state index contributed by atoms with van der Waals surface area (Å²) in [6.45, 7) is 0.643. The lowest BCUT2D eigenvalue weighted by Crippen LogP contribution is -2.55. The van der Waals surface area contributed by atoms with Crippen molar-refractivity contribution in [1.29, 1.82) is 5.41 Å². The van der Waals surface area contributed by atoms with Crippen LogP contribution in [0, 0.1) is 5.41 Å². The van der Waals surface area contributed by atoms with Crippen LogP contribution in [0.4, 0.5) is 17.1 Å². The van der Waals surface area contributed by atoms with E-state index in [4.69, 9.17) is 15.9 Å². The van der Waals surface area contributed by atoms with Gasteiger partial charge in [0, 0.05) is 30.0 Å². The Balaban J connectivity index is 1.48. The minimum absolute atomic E-state index is 0.0779. The number of nitrogen functional groups attached to an aromatic ring is 1. The maximum absolute atomic E-state index is 13.1. The lowest BCUT2D eigenvalue weighted by molar-refractivity contribution is -0.150. The lowest BCUT2D eigenvalue weighted by Gasteiger charge is -2.34. The molecule has 2 atom stereocenters. The molecule has 0 saturated carbocycles. The number of nitrogens with one attached hydrogen (secondary N) is 2. The van der Waals surface area contributed by atoms with Gasteiger partial charge in [-0.3, -0.25) is 19.3 Å². The van der Waals surface area contributed by atoms with E-state index >= 15 is 0 Å². The highest BCUT2D eigenvalue weighted by atomic mass is 32.2. The normalized spacial score (nSPS) is 20.7. The zero-order valence-electron chi connectivity index (χ0n) is 18.2. The summed E-state index contributed by atoms with van der Waals surface area (Å²) in [5.41, 5.74) is 7.15. The van der Waals surface area contributed by atoms with E-state index in [0.717, 1.165) is 0 Å². The Labute approximate surface area is 196 Å². The van der Waals surface area contributed by atoms with Gasteiger partial charge in [-0.05, 0) is 48.9 Å². The van der Waals surface area contributed by atoms with Crippen molar-refractivity contribution < 1.29 is 27.9 Å². The van der Waals surface area contributed by atoms with Crippen molar-refractivity contribution in [2.24, 2.45) is 5.73 Å². The number of carbonyl (C=O) groups excluding carboxylic acids is 2. The predicted octanol–water partition coefficient (Wildman–Crippen LogP) is 0.242. The van der Waals surface area contributed by atoms with Gasteiger partial charge in [-0.2, -0.15) is 0 Å². The van der Waals surface area contributed by atoms with Gasteiger partial charge in [0.1, 0.15) is 5.84 Å². The highest BCUT2D eigenvalue weighted by molar-refractivity contribution is 7.93. The summed E-state index contributed by atoms with van der Waals surface area (Å²) >= 11 is 0. The van der Waals surface area contributed by atoms with E-state index < -0.39 is 34.0 Å². The molecular formula is C22H25N5O6S. The van der Waals surface area contributed by atoms with Crippen molar-refractivity contribution >= 4 is 44.7 Å². The Morgan fingerprint density at radius 1 is 1.18 bits per heavy atom. The van der Waals surface area contributed by atoms with E-state index in [2.05, 4.69) is 5.32 Å². The lowest BCUT2D eigenvalue weighted by atomic mass is 10.1. The van der Waals surface area contributed by atoms with Crippen LogP contribution >= 0.6 is 0 Å². The van der Waals surface area contributed by atoms with Crippen LogP contribution in [0.15, 0.2) is 48.5 Å². The van der Waals surface area contributed by atoms with Crippen LogP contribution in [0.1, 0.15) is 12.0 Å². The maximum atomic E-state index is 13.1. The molecule has 0 aromatic heterocycles. The topological polar surface area (TPSA) is 166 Å². The van der Waals surface area contributed by atoms with Crippen LogP contribution in [0.3, 0.4) is 0 Å². The van der Waals surface area contributed by atoms with Crippen molar-refractivity contribution in [1.82, 2.24) is 0 Å². The molecule has 2 heterocycles. The highest BCUT2D eigenvalue weighted by Crippen LogP contribution is 2.29. The smallest absolute Gasteiger partial charge is 0.259 e. The molecule has 2 aromatic rings. The third-order valence-electron chi connectivity index (χ3n) is 5.67. The first-order chi connectivity index (χ1) is 16.2. The molecule has 11 nitrogen and oxygen atoms in total. The summed E-state index contributed by atoms with van der Waals surface area (Å²) in [6, 6.07) is 12.7. The Morgan fingerprint density at radius 3 is 2.53 bits per heavy atom. The van der Waals surface area contributed by atoms with Gasteiger partial charge >= 0.3 is 0 Å². The predicted molar refractivity (Wildman–Crippen MR) is 126 cm³/mol. The van der Waals surface area contributed by atoms with Crippen molar-refractivity contribution in [2.45, 2.75) is 18.6 Å². The van der Waals surface area contributed by atoms with Gasteiger partial charge in [-0.15, -0.1) is 0 Å². The Hall–Kier alpha value is -3.48. The highest BCUT2D eigenvalue weighted by Gasteiger charge is 2.39. The summed E-state index contributed by atoms with van der Waals surface area (Å²) in [5, 5.41) is 20.5. The van der Waals surface area contributed by atoms with Gasteiger partial charge in [-0.1, -0.05) is 6.07 Å². The van der Waals surface area contributed by atoms with Gasteiger partial charge < -0.3 is 25.8 Å². The van der Waals surface area contributed by atoms with Crippen molar-refractivity contribution in [3.05, 3.63) is 54.1 Å². The van der Waals surface area contributed by atoms with Crippen LogP contribution in [0.5, 0.6) is 0 Å². The van der Waals surface area contributed by atoms with E-state index in [1.54, 1.807) is 36.4 Å². The fraction of sp³-hybridized carbons (Fsp3) is 0.318. The number of hydrogen-bond acceptors (Lipinski definition) is 7. The summed E-state index contributed by atoms with van der Waals surface area (Å²) in [4.78, 5) is 27.0. The first kappa shape index (κ1) is 23.7. The van der Waals surface area contributed by atoms with Crippen molar-refractivity contribution in [3.63, 3.8) is 0 Å². The van der Waals surface area contributed by atoms with Gasteiger partial charge in [0.15, 0.2) is 12.2 Å². The van der Waals surface area contributed by atoms with E-state index in [-0.39, 0.29) is 24.7 Å². The quantitative estimate of drug-likeness (QED) is 0.334. The third-order valence-corrected chi connectivity index (χ3v) is 7.54. The molecule has 4 rings (SSSR count). The number of sulfonamides is 1. The second kappa shape index (κ2) is 9.41. The Morgan fingerprint density at radius 2 is 1.88 bits per heavy atom. The van der Waals surface area contributed by atoms with E-state index in [1.807, 2.05) is 0 Å². The zero-order chi connectivity index (χ0) is 24.5. The van der Waals surface area contributed by atoms with Crippen LogP contribution in [0.2, 0.25) is 0 Å². The van der Waals surface area contributed by atoms with Crippen LogP contribution in [0.25, 0.3) is 0 Å². The number of morpholine rings is 1. The van der Waals surface area contributed by atoms with E-state index in [9.17, 15) is 23.1 Å². The van der Waals surface area contributed by atoms with Crippen LogP contribution < -0.4 is 20.3 Å². The molecule has 34 heavy (non-hydrogen) atoms. The molecule has 0 aliphatic carbocycles. The number of aliphatic hydroxyl groups excluding tert-OH is 1. The van der Waals surface area contributed by atoms with Crippen molar-refractivity contribution in [2.75, 3.05) is 40.0 Å². The molecule has 2 aliphatic rings. The first-order valence-electron chi connectivity index (χ1n) is 10.6. The van der Waals surface area contributed by atoms with Gasteiger partial charge in [-0.25, -0.2) is 8.42 Å². The minimum Gasteiger partial charge on any atom is -0.384 e. The largest absolute Gasteiger partial charge is 0.384 e. The number of aliphatic hydroxyl groups is 1. The van der Waals surface area contributed by atoms with Gasteiger partial charge in [0.25, 0.3) is 11.8 Å². The van der Waals surface area contributed by atoms with Gasteiger partial charge in [0.05, 0.1) is 18.0 Å². The molecule has 0 radical (unpaired) electrons. The fourth-order valence-electron chi connectivity index (χ4n) is 3.92. The maximum Gasteiger partial charge on any atom is 0.259 e. The van der Waals surface area contributed by atoms with E-state index in [1.165, 1.54) is 21.3 Å². The molecule has 2 aromatic carbocycles. The average molecular weight is 488 g/mol. The average Bonchev–Trinajstić information content (AvgIpc) is 3.18. The Kier molecular flexibility index (Phi) is 6.55. The third kappa shape index (κ3) is 4.74. The molecule has 2 saturated heterocycles. The zero-order valence-corrected chi connectivity index (χ0v) is 19.0. The number of benzene rings is 2. The summed E-state index contributed by atoms with van der Waals surface area (Å²) in [7, 11) is -3.38. The first-order valence-corrected chi connectivity index (χ1v) is 12.2. The monoisotopic (exact) mass is 487 g/mol. The molecule has 2 aliphatic heterocycles. The summed E-state index contributed by atoms with van der Waals surface area (Å²) < 4.78 is 31.3. The summed E-state index contributed by atoms with van der Waals surface area (Å²) in [5.74, 6) is -1.48. The number of hydrogen-bond donors (Lipinski definition) is 4. The molecule has 180 valence electrons. The number of anilines is 3. The molecule has 2 amide bonds. The molecule has 0 spiro atoms. The molecule has 12 heteroatoms. The van der Waals surface area contributed by atoms with Crippen LogP contribution in [-0.4, -0.2) is 68.8 Å². The fourth-order valence-corrected chi connectivity index (χ4v) is 5.48. The van der Waals surface area contributed by atoms with Crippen LogP contribution in [-0.2, 0) is 24.3 Å². The SMILES string of the molecule is N=C(N)c1ccc(NC(=O)C(O)[C@H]2OCCN(c3cccc(N4CCCS4(=O)=O)c3)C2=O)cc1. The second-order valence-corrected chi connectivity index (χ2v) is 9.98. The molecular weight excluding hydrogens is 462 g/mol.